The number of amides is 3. The fourth-order valence-electron chi connectivity index (χ4n) is 3.87. The fraction of sp³-hybridized carbons (Fsp3) is 0.440. The van der Waals surface area contributed by atoms with Crippen LogP contribution in [0, 0.1) is 5.92 Å². The maximum atomic E-state index is 12.4. The first-order chi connectivity index (χ1) is 14.9. The third kappa shape index (κ3) is 7.40. The Kier molecular flexibility index (Phi) is 8.06. The van der Waals surface area contributed by atoms with E-state index >= 15 is 0 Å². The van der Waals surface area contributed by atoms with Gasteiger partial charge in [0.2, 0.25) is 0 Å². The first-order valence-corrected chi connectivity index (χ1v) is 11.1. The Morgan fingerprint density at radius 1 is 1.03 bits per heavy atom. The van der Waals surface area contributed by atoms with Gasteiger partial charge in [0.15, 0.2) is 0 Å². The van der Waals surface area contributed by atoms with Crippen LogP contribution in [-0.2, 0) is 13.1 Å². The Bertz CT molecular complexity index is 862. The Labute approximate surface area is 185 Å². The summed E-state index contributed by atoms with van der Waals surface area (Å²) >= 11 is 0. The molecule has 0 radical (unpaired) electrons. The van der Waals surface area contributed by atoms with Gasteiger partial charge < -0.3 is 16.0 Å². The molecule has 1 saturated heterocycles. The summed E-state index contributed by atoms with van der Waals surface area (Å²) < 4.78 is 0. The molecule has 31 heavy (non-hydrogen) atoms. The van der Waals surface area contributed by atoms with E-state index in [2.05, 4.69) is 52.0 Å². The van der Waals surface area contributed by atoms with Crippen molar-refractivity contribution in [3.8, 4) is 0 Å². The number of hydrogen-bond donors (Lipinski definition) is 3. The summed E-state index contributed by atoms with van der Waals surface area (Å²) in [7, 11) is 0. The monoisotopic (exact) mass is 422 g/mol. The second-order valence-corrected chi connectivity index (χ2v) is 8.81. The lowest BCUT2D eigenvalue weighted by Gasteiger charge is -2.30. The standard InChI is InChI=1S/C25H34N4O2/c1-18(2)27-25(31)28-23-12-10-22(11-13-23)24(30)26-15-20-6-8-21(9-7-20)17-29-14-4-5-19(3)16-29/h6-13,18-19H,4-5,14-17H2,1-3H3,(H,26,30)(H2,27,28,31). The van der Waals surface area contributed by atoms with Gasteiger partial charge in [0.25, 0.3) is 5.91 Å². The molecule has 0 bridgehead atoms. The van der Waals surface area contributed by atoms with Gasteiger partial charge in [0.05, 0.1) is 0 Å². The van der Waals surface area contributed by atoms with Gasteiger partial charge in [-0.3, -0.25) is 9.69 Å². The van der Waals surface area contributed by atoms with Gasteiger partial charge in [-0.05, 0) is 74.5 Å². The lowest BCUT2D eigenvalue weighted by atomic mass is 9.99. The first kappa shape index (κ1) is 22.8. The number of nitrogens with zero attached hydrogens (tertiary/aromatic N) is 1. The Morgan fingerprint density at radius 3 is 2.35 bits per heavy atom. The normalized spacial score (nSPS) is 16.7. The van der Waals surface area contributed by atoms with Gasteiger partial charge >= 0.3 is 6.03 Å². The van der Waals surface area contributed by atoms with Crippen molar-refractivity contribution in [2.45, 2.75) is 52.7 Å². The number of anilines is 1. The van der Waals surface area contributed by atoms with Crippen molar-refractivity contribution >= 4 is 17.6 Å². The molecule has 0 saturated carbocycles. The summed E-state index contributed by atoms with van der Waals surface area (Å²) in [5, 5.41) is 8.47. The number of carbonyl (C=O) groups is 2. The lowest BCUT2D eigenvalue weighted by molar-refractivity contribution is 0.0951. The summed E-state index contributed by atoms with van der Waals surface area (Å²) in [6, 6.07) is 15.2. The van der Waals surface area contributed by atoms with E-state index in [4.69, 9.17) is 0 Å². The van der Waals surface area contributed by atoms with E-state index in [-0.39, 0.29) is 18.0 Å². The number of rotatable bonds is 7. The zero-order chi connectivity index (χ0) is 22.2. The van der Waals surface area contributed by atoms with Gasteiger partial charge in [-0.25, -0.2) is 4.79 Å². The first-order valence-electron chi connectivity index (χ1n) is 11.1. The minimum absolute atomic E-state index is 0.0626. The predicted molar refractivity (Wildman–Crippen MR) is 125 cm³/mol. The summed E-state index contributed by atoms with van der Waals surface area (Å²) in [6.45, 7) is 9.95. The third-order valence-corrected chi connectivity index (χ3v) is 5.45. The van der Waals surface area contributed by atoms with Gasteiger partial charge in [0.1, 0.15) is 0 Å². The van der Waals surface area contributed by atoms with E-state index in [1.807, 2.05) is 13.8 Å². The summed E-state index contributed by atoms with van der Waals surface area (Å²) in [5.41, 5.74) is 3.60. The average molecular weight is 423 g/mol. The molecule has 3 N–H and O–H groups in total. The number of likely N-dealkylation sites (tertiary alicyclic amines) is 1. The van der Waals surface area contributed by atoms with Crippen LogP contribution in [0.1, 0.15) is 55.1 Å². The largest absolute Gasteiger partial charge is 0.348 e. The molecular weight excluding hydrogens is 388 g/mol. The van der Waals surface area contributed by atoms with E-state index < -0.39 is 0 Å². The second-order valence-electron chi connectivity index (χ2n) is 8.81. The molecule has 3 rings (SSSR count). The molecule has 1 aliphatic rings. The van der Waals surface area contributed by atoms with Gasteiger partial charge in [-0.2, -0.15) is 0 Å². The third-order valence-electron chi connectivity index (χ3n) is 5.45. The maximum absolute atomic E-state index is 12.4. The number of piperidine rings is 1. The van der Waals surface area contributed by atoms with Crippen molar-refractivity contribution in [3.63, 3.8) is 0 Å². The molecule has 0 aliphatic carbocycles. The van der Waals surface area contributed by atoms with Crippen molar-refractivity contribution in [3.05, 3.63) is 65.2 Å². The van der Waals surface area contributed by atoms with Crippen LogP contribution in [0.5, 0.6) is 0 Å². The highest BCUT2D eigenvalue weighted by Gasteiger charge is 2.16. The number of nitrogens with one attached hydrogen (secondary N) is 3. The van der Waals surface area contributed by atoms with E-state index in [0.29, 0.717) is 17.8 Å². The molecule has 1 unspecified atom stereocenters. The van der Waals surface area contributed by atoms with E-state index in [9.17, 15) is 9.59 Å². The quantitative estimate of drug-likeness (QED) is 0.620. The van der Waals surface area contributed by atoms with Crippen molar-refractivity contribution in [1.29, 1.82) is 0 Å². The van der Waals surface area contributed by atoms with Crippen LogP contribution in [0.2, 0.25) is 0 Å². The van der Waals surface area contributed by atoms with Crippen LogP contribution in [-0.4, -0.2) is 36.0 Å². The predicted octanol–water partition coefficient (Wildman–Crippen LogP) is 4.38. The average Bonchev–Trinajstić information content (AvgIpc) is 2.73. The SMILES string of the molecule is CC1CCCN(Cc2ccc(CNC(=O)c3ccc(NC(=O)NC(C)C)cc3)cc2)C1. The van der Waals surface area contributed by atoms with Crippen LogP contribution < -0.4 is 16.0 Å². The molecule has 6 nitrogen and oxygen atoms in total. The molecule has 1 fully saturated rings. The van der Waals surface area contributed by atoms with E-state index in [0.717, 1.165) is 18.0 Å². The molecular formula is C25H34N4O2. The summed E-state index contributed by atoms with van der Waals surface area (Å²) in [6.07, 6.45) is 2.62. The van der Waals surface area contributed by atoms with Crippen LogP contribution in [0.3, 0.4) is 0 Å². The molecule has 2 aromatic carbocycles. The number of hydrogen-bond acceptors (Lipinski definition) is 3. The highest BCUT2D eigenvalue weighted by Crippen LogP contribution is 2.18. The van der Waals surface area contributed by atoms with Gasteiger partial charge in [0, 0.05) is 36.9 Å². The van der Waals surface area contributed by atoms with Crippen molar-refractivity contribution in [2.75, 3.05) is 18.4 Å². The molecule has 1 atom stereocenters. The summed E-state index contributed by atoms with van der Waals surface area (Å²) in [4.78, 5) is 26.7. The minimum Gasteiger partial charge on any atom is -0.348 e. The van der Waals surface area contributed by atoms with Crippen molar-refractivity contribution in [1.82, 2.24) is 15.5 Å². The number of urea groups is 1. The fourth-order valence-corrected chi connectivity index (χ4v) is 3.87. The topological polar surface area (TPSA) is 73.5 Å². The van der Waals surface area contributed by atoms with Crippen molar-refractivity contribution in [2.24, 2.45) is 5.92 Å². The van der Waals surface area contributed by atoms with Gasteiger partial charge in [-0.1, -0.05) is 31.2 Å². The minimum atomic E-state index is -0.259. The highest BCUT2D eigenvalue weighted by molar-refractivity contribution is 5.95. The zero-order valence-electron chi connectivity index (χ0n) is 18.8. The van der Waals surface area contributed by atoms with E-state index in [1.54, 1.807) is 24.3 Å². The molecule has 2 aromatic rings. The summed E-state index contributed by atoms with van der Waals surface area (Å²) in [5.74, 6) is 0.648. The molecule has 3 amide bonds. The molecule has 6 heteroatoms. The smallest absolute Gasteiger partial charge is 0.319 e. The Hall–Kier alpha value is -2.86. The zero-order valence-corrected chi connectivity index (χ0v) is 18.8. The van der Waals surface area contributed by atoms with E-state index in [1.165, 1.54) is 31.5 Å². The number of carbonyl (C=O) groups excluding carboxylic acids is 2. The van der Waals surface area contributed by atoms with Gasteiger partial charge in [-0.15, -0.1) is 0 Å². The molecule has 0 aromatic heterocycles. The van der Waals surface area contributed by atoms with Crippen LogP contribution in [0.15, 0.2) is 48.5 Å². The highest BCUT2D eigenvalue weighted by atomic mass is 16.2. The second kappa shape index (κ2) is 11.0. The van der Waals surface area contributed by atoms with Crippen LogP contribution in [0.25, 0.3) is 0 Å². The van der Waals surface area contributed by atoms with Crippen molar-refractivity contribution < 1.29 is 9.59 Å². The maximum Gasteiger partial charge on any atom is 0.319 e. The van der Waals surface area contributed by atoms with Crippen LogP contribution >= 0.6 is 0 Å². The molecule has 1 aliphatic heterocycles. The lowest BCUT2D eigenvalue weighted by Crippen LogP contribution is -2.34. The number of benzene rings is 2. The molecule has 1 heterocycles. The van der Waals surface area contributed by atoms with Crippen LogP contribution in [0.4, 0.5) is 10.5 Å². The molecule has 166 valence electrons. The molecule has 0 spiro atoms. The Morgan fingerprint density at radius 2 is 1.71 bits per heavy atom. The Balaban J connectivity index is 1.46.